The fourth-order valence-electron chi connectivity index (χ4n) is 3.89. The Bertz CT molecular complexity index is 644. The highest BCUT2D eigenvalue weighted by Gasteiger charge is 2.37. The van der Waals surface area contributed by atoms with Crippen molar-refractivity contribution in [2.75, 3.05) is 19.7 Å². The van der Waals surface area contributed by atoms with Crippen LogP contribution in [0.2, 0.25) is 0 Å². The molecule has 3 rings (SSSR count). The average molecular weight is 363 g/mol. The Morgan fingerprint density at radius 1 is 1.31 bits per heavy atom. The highest BCUT2D eigenvalue weighted by molar-refractivity contribution is 5.89. The number of amides is 2. The maximum absolute atomic E-state index is 13.1. The Morgan fingerprint density at radius 3 is 2.65 bits per heavy atom. The molecule has 3 N–H and O–H groups in total. The van der Waals surface area contributed by atoms with E-state index in [-0.39, 0.29) is 30.7 Å². The number of carbonyl (C=O) groups excluding carboxylic acids is 2. The lowest BCUT2D eigenvalue weighted by Crippen LogP contribution is -2.57. The van der Waals surface area contributed by atoms with E-state index in [1.165, 1.54) is 12.1 Å². The first kappa shape index (κ1) is 18.8. The molecule has 1 atom stereocenters. The fourth-order valence-corrected chi connectivity index (χ4v) is 3.89. The first-order valence-corrected chi connectivity index (χ1v) is 9.19. The van der Waals surface area contributed by atoms with Crippen LogP contribution in [0.5, 0.6) is 0 Å². The summed E-state index contributed by atoms with van der Waals surface area (Å²) in [7, 11) is 0. The van der Waals surface area contributed by atoms with E-state index in [2.05, 4.69) is 10.6 Å². The van der Waals surface area contributed by atoms with Crippen molar-refractivity contribution in [1.82, 2.24) is 15.5 Å². The number of rotatable bonds is 6. The zero-order valence-corrected chi connectivity index (χ0v) is 14.8. The van der Waals surface area contributed by atoms with Crippen LogP contribution in [-0.4, -0.2) is 53.1 Å². The van der Waals surface area contributed by atoms with Gasteiger partial charge in [0.15, 0.2) is 0 Å². The summed E-state index contributed by atoms with van der Waals surface area (Å²) in [5, 5.41) is 15.4. The van der Waals surface area contributed by atoms with E-state index in [1.807, 2.05) is 4.90 Å². The van der Waals surface area contributed by atoms with Gasteiger partial charge in [0.2, 0.25) is 11.8 Å². The summed E-state index contributed by atoms with van der Waals surface area (Å²) < 4.78 is 13.1. The molecule has 2 fully saturated rings. The predicted molar refractivity (Wildman–Crippen MR) is 94.7 cm³/mol. The number of aliphatic hydroxyl groups is 1. The van der Waals surface area contributed by atoms with Gasteiger partial charge in [-0.2, -0.15) is 0 Å². The van der Waals surface area contributed by atoms with Gasteiger partial charge in [-0.15, -0.1) is 0 Å². The average Bonchev–Trinajstić information content (AvgIpc) is 3.09. The third-order valence-corrected chi connectivity index (χ3v) is 5.39. The van der Waals surface area contributed by atoms with Gasteiger partial charge in [0, 0.05) is 19.6 Å². The second-order valence-electron chi connectivity index (χ2n) is 7.30. The van der Waals surface area contributed by atoms with Crippen LogP contribution in [0.25, 0.3) is 0 Å². The standard InChI is InChI=1S/C19H26FN3O3/c20-15-5-3-14(4-6-15)12-23-10-9-21-18(26)16(23)11-17(25)22-19(13-24)7-1-2-8-19/h3-6,16,24H,1-2,7-13H2,(H,21,26)(H,22,25)/t16-/m1/s1. The number of piperazine rings is 1. The molecule has 1 aliphatic heterocycles. The first-order valence-electron chi connectivity index (χ1n) is 9.19. The minimum Gasteiger partial charge on any atom is -0.394 e. The molecule has 1 aliphatic carbocycles. The van der Waals surface area contributed by atoms with Gasteiger partial charge in [-0.05, 0) is 30.5 Å². The quantitative estimate of drug-likeness (QED) is 0.703. The highest BCUT2D eigenvalue weighted by atomic mass is 19.1. The number of aliphatic hydroxyl groups excluding tert-OH is 1. The molecular weight excluding hydrogens is 337 g/mol. The lowest BCUT2D eigenvalue weighted by atomic mass is 9.97. The maximum Gasteiger partial charge on any atom is 0.237 e. The minimum atomic E-state index is -0.564. The van der Waals surface area contributed by atoms with E-state index in [0.717, 1.165) is 31.2 Å². The smallest absolute Gasteiger partial charge is 0.237 e. The molecule has 1 saturated carbocycles. The van der Waals surface area contributed by atoms with Crippen LogP contribution in [0.1, 0.15) is 37.7 Å². The van der Waals surface area contributed by atoms with Crippen LogP contribution < -0.4 is 10.6 Å². The van der Waals surface area contributed by atoms with Gasteiger partial charge in [-0.1, -0.05) is 25.0 Å². The number of benzene rings is 1. The minimum absolute atomic E-state index is 0.0504. The Morgan fingerprint density at radius 2 is 2.00 bits per heavy atom. The van der Waals surface area contributed by atoms with Crippen LogP contribution in [0.3, 0.4) is 0 Å². The normalized spacial score (nSPS) is 22.8. The van der Waals surface area contributed by atoms with Crippen molar-refractivity contribution in [2.24, 2.45) is 0 Å². The molecule has 1 saturated heterocycles. The summed E-state index contributed by atoms with van der Waals surface area (Å²) in [5.41, 5.74) is 0.360. The van der Waals surface area contributed by atoms with Crippen molar-refractivity contribution in [1.29, 1.82) is 0 Å². The molecule has 1 aromatic carbocycles. The van der Waals surface area contributed by atoms with Gasteiger partial charge in [-0.3, -0.25) is 14.5 Å². The van der Waals surface area contributed by atoms with Gasteiger partial charge >= 0.3 is 0 Å². The van der Waals surface area contributed by atoms with Crippen LogP contribution >= 0.6 is 0 Å². The predicted octanol–water partition coefficient (Wildman–Crippen LogP) is 0.937. The second-order valence-corrected chi connectivity index (χ2v) is 7.30. The second kappa shape index (κ2) is 8.14. The Hall–Kier alpha value is -1.99. The van der Waals surface area contributed by atoms with E-state index in [4.69, 9.17) is 0 Å². The number of nitrogens with one attached hydrogen (secondary N) is 2. The fraction of sp³-hybridized carbons (Fsp3) is 0.579. The molecule has 26 heavy (non-hydrogen) atoms. The van der Waals surface area contributed by atoms with Crippen LogP contribution in [-0.2, 0) is 16.1 Å². The lowest BCUT2D eigenvalue weighted by Gasteiger charge is -2.36. The number of hydrogen-bond donors (Lipinski definition) is 3. The van der Waals surface area contributed by atoms with Gasteiger partial charge < -0.3 is 15.7 Å². The van der Waals surface area contributed by atoms with Crippen molar-refractivity contribution >= 4 is 11.8 Å². The van der Waals surface area contributed by atoms with E-state index in [9.17, 15) is 19.1 Å². The molecule has 0 radical (unpaired) electrons. The molecule has 1 aromatic rings. The molecule has 0 aromatic heterocycles. The number of halogens is 1. The molecule has 1 heterocycles. The van der Waals surface area contributed by atoms with E-state index >= 15 is 0 Å². The maximum atomic E-state index is 13.1. The molecule has 0 unspecified atom stereocenters. The van der Waals surface area contributed by atoms with Crippen LogP contribution in [0.4, 0.5) is 4.39 Å². The van der Waals surface area contributed by atoms with Gasteiger partial charge in [0.05, 0.1) is 24.6 Å². The van der Waals surface area contributed by atoms with Crippen molar-refractivity contribution in [3.63, 3.8) is 0 Å². The van der Waals surface area contributed by atoms with Gasteiger partial charge in [0.1, 0.15) is 5.82 Å². The molecule has 142 valence electrons. The Labute approximate surface area is 152 Å². The molecule has 6 nitrogen and oxygen atoms in total. The summed E-state index contributed by atoms with van der Waals surface area (Å²) in [6, 6.07) is 5.61. The van der Waals surface area contributed by atoms with Crippen LogP contribution in [0.15, 0.2) is 24.3 Å². The summed E-state index contributed by atoms with van der Waals surface area (Å²) in [6.07, 6.45) is 3.56. The molecule has 2 aliphatic rings. The molecule has 2 amide bonds. The molecular formula is C19H26FN3O3. The number of carbonyl (C=O) groups is 2. The molecule has 7 heteroatoms. The van der Waals surface area contributed by atoms with Crippen molar-refractivity contribution in [2.45, 2.75) is 50.2 Å². The van der Waals surface area contributed by atoms with Crippen molar-refractivity contribution in [3.8, 4) is 0 Å². The third-order valence-electron chi connectivity index (χ3n) is 5.39. The summed E-state index contributed by atoms with van der Waals surface area (Å²) >= 11 is 0. The number of nitrogens with zero attached hydrogens (tertiary/aromatic N) is 1. The van der Waals surface area contributed by atoms with Crippen molar-refractivity contribution in [3.05, 3.63) is 35.6 Å². The Kier molecular flexibility index (Phi) is 5.88. The molecule has 0 bridgehead atoms. The van der Waals surface area contributed by atoms with Gasteiger partial charge in [-0.25, -0.2) is 4.39 Å². The monoisotopic (exact) mass is 363 g/mol. The van der Waals surface area contributed by atoms with E-state index < -0.39 is 11.6 Å². The van der Waals surface area contributed by atoms with Crippen molar-refractivity contribution < 1.29 is 19.1 Å². The lowest BCUT2D eigenvalue weighted by molar-refractivity contribution is -0.135. The topological polar surface area (TPSA) is 81.7 Å². The molecule has 0 spiro atoms. The zero-order chi connectivity index (χ0) is 18.6. The third kappa shape index (κ3) is 4.40. The van der Waals surface area contributed by atoms with E-state index in [0.29, 0.717) is 19.6 Å². The van der Waals surface area contributed by atoms with E-state index in [1.54, 1.807) is 12.1 Å². The summed E-state index contributed by atoms with van der Waals surface area (Å²) in [5.74, 6) is -0.683. The zero-order valence-electron chi connectivity index (χ0n) is 14.8. The highest BCUT2D eigenvalue weighted by Crippen LogP contribution is 2.29. The summed E-state index contributed by atoms with van der Waals surface area (Å²) in [4.78, 5) is 26.8. The number of hydrogen-bond acceptors (Lipinski definition) is 4. The summed E-state index contributed by atoms with van der Waals surface area (Å²) in [6.45, 7) is 1.57. The Balaban J connectivity index is 1.65. The van der Waals surface area contributed by atoms with Crippen LogP contribution in [0, 0.1) is 5.82 Å². The first-order chi connectivity index (χ1) is 12.5. The van der Waals surface area contributed by atoms with Gasteiger partial charge in [0.25, 0.3) is 0 Å². The largest absolute Gasteiger partial charge is 0.394 e. The SMILES string of the molecule is O=C(C[C@@H]1C(=O)NCCN1Cc1ccc(F)cc1)NC1(CO)CCCC1.